The molecule has 1 aromatic rings. The van der Waals surface area contributed by atoms with Crippen LogP contribution in [-0.2, 0) is 6.42 Å². The van der Waals surface area contributed by atoms with Crippen LogP contribution >= 0.6 is 0 Å². The number of ether oxygens (including phenoxy) is 1. The molecule has 4 nitrogen and oxygen atoms in total. The Morgan fingerprint density at radius 3 is 2.86 bits per heavy atom. The molecule has 1 saturated heterocycles. The molecule has 0 bridgehead atoms. The molecular weight excluding hydrogens is 264 g/mol. The number of fused-ring (bicyclic) bond motifs is 1. The summed E-state index contributed by atoms with van der Waals surface area (Å²) in [6.07, 6.45) is 2.72. The maximum Gasteiger partial charge on any atom is 0.119 e. The van der Waals surface area contributed by atoms with Crippen molar-refractivity contribution in [2.75, 3.05) is 46.4 Å². The van der Waals surface area contributed by atoms with Crippen LogP contribution in [0.3, 0.4) is 0 Å². The zero-order chi connectivity index (χ0) is 14.7. The van der Waals surface area contributed by atoms with Gasteiger partial charge in [0.2, 0.25) is 0 Å². The Morgan fingerprint density at radius 2 is 2.05 bits per heavy atom. The summed E-state index contributed by atoms with van der Waals surface area (Å²) < 4.78 is 5.88. The molecule has 21 heavy (non-hydrogen) atoms. The second-order valence-corrected chi connectivity index (χ2v) is 6.26. The highest BCUT2D eigenvalue weighted by atomic mass is 16.5. The molecule has 0 amide bonds. The van der Waals surface area contributed by atoms with Crippen LogP contribution in [0, 0.1) is 0 Å². The average molecular weight is 290 g/mol. The number of nitrogens with zero attached hydrogens (tertiary/aromatic N) is 2. The monoisotopic (exact) mass is 290 g/mol. The van der Waals surface area contributed by atoms with Crippen LogP contribution in [0.25, 0.3) is 0 Å². The van der Waals surface area contributed by atoms with Crippen molar-refractivity contribution in [1.29, 1.82) is 0 Å². The summed E-state index contributed by atoms with van der Waals surface area (Å²) in [7, 11) is 2.17. The quantitative estimate of drug-likeness (QED) is 0.915. The lowest BCUT2D eigenvalue weighted by Gasteiger charge is -2.32. The first kappa shape index (κ1) is 14.8. The van der Waals surface area contributed by atoms with E-state index in [1.165, 1.54) is 5.56 Å². The molecule has 0 spiro atoms. The molecule has 1 aliphatic carbocycles. The SMILES string of the molecule is CN1CCN(CCOc2ccc3c(c2)[C@@H](O)CCC3)CC1. The van der Waals surface area contributed by atoms with Crippen LogP contribution < -0.4 is 4.74 Å². The molecule has 1 aliphatic heterocycles. The Balaban J connectivity index is 1.50. The molecule has 1 aromatic carbocycles. The normalized spacial score (nSPS) is 23.8. The highest BCUT2D eigenvalue weighted by molar-refractivity contribution is 5.38. The maximum absolute atomic E-state index is 10.1. The maximum atomic E-state index is 10.1. The molecule has 3 rings (SSSR count). The van der Waals surface area contributed by atoms with Crippen LogP contribution in [0.1, 0.15) is 30.1 Å². The first-order chi connectivity index (χ1) is 10.2. The van der Waals surface area contributed by atoms with Crippen LogP contribution in [0.15, 0.2) is 18.2 Å². The van der Waals surface area contributed by atoms with Crippen LogP contribution in [0.2, 0.25) is 0 Å². The van der Waals surface area contributed by atoms with E-state index in [1.54, 1.807) is 0 Å². The Kier molecular flexibility index (Phi) is 4.78. The molecule has 0 unspecified atom stereocenters. The van der Waals surface area contributed by atoms with Crippen molar-refractivity contribution in [3.8, 4) is 5.75 Å². The van der Waals surface area contributed by atoms with Crippen LogP contribution in [-0.4, -0.2) is 61.3 Å². The second kappa shape index (κ2) is 6.77. The van der Waals surface area contributed by atoms with Gasteiger partial charge >= 0.3 is 0 Å². The summed E-state index contributed by atoms with van der Waals surface area (Å²) >= 11 is 0. The van der Waals surface area contributed by atoms with Crippen molar-refractivity contribution < 1.29 is 9.84 Å². The van der Waals surface area contributed by atoms with Crippen molar-refractivity contribution in [1.82, 2.24) is 9.80 Å². The van der Waals surface area contributed by atoms with E-state index < -0.39 is 0 Å². The lowest BCUT2D eigenvalue weighted by atomic mass is 9.89. The van der Waals surface area contributed by atoms with Crippen molar-refractivity contribution in [3.05, 3.63) is 29.3 Å². The van der Waals surface area contributed by atoms with Gasteiger partial charge in [-0.25, -0.2) is 0 Å². The molecular formula is C17H26N2O2. The Bertz CT molecular complexity index is 470. The smallest absolute Gasteiger partial charge is 0.119 e. The molecule has 1 N–H and O–H groups in total. The number of benzene rings is 1. The van der Waals surface area contributed by atoms with E-state index in [4.69, 9.17) is 4.74 Å². The first-order valence-corrected chi connectivity index (χ1v) is 8.07. The predicted molar refractivity (Wildman–Crippen MR) is 83.8 cm³/mol. The molecule has 1 atom stereocenters. The molecule has 0 aromatic heterocycles. The van der Waals surface area contributed by atoms with Crippen molar-refractivity contribution in [3.63, 3.8) is 0 Å². The van der Waals surface area contributed by atoms with E-state index in [1.807, 2.05) is 12.1 Å². The third kappa shape index (κ3) is 3.76. The summed E-state index contributed by atoms with van der Waals surface area (Å²) in [6, 6.07) is 6.19. The van der Waals surface area contributed by atoms with Gasteiger partial charge in [-0.1, -0.05) is 6.07 Å². The number of piperazine rings is 1. The van der Waals surface area contributed by atoms with Gasteiger partial charge in [0.1, 0.15) is 12.4 Å². The number of aliphatic hydroxyl groups excluding tert-OH is 1. The molecule has 1 heterocycles. The largest absolute Gasteiger partial charge is 0.492 e. The summed E-state index contributed by atoms with van der Waals surface area (Å²) in [5.41, 5.74) is 2.35. The molecule has 0 saturated carbocycles. The Hall–Kier alpha value is -1.10. The molecule has 116 valence electrons. The first-order valence-electron chi connectivity index (χ1n) is 8.07. The second-order valence-electron chi connectivity index (χ2n) is 6.26. The highest BCUT2D eigenvalue weighted by Crippen LogP contribution is 2.32. The van der Waals surface area contributed by atoms with Crippen molar-refractivity contribution in [2.24, 2.45) is 0 Å². The minimum Gasteiger partial charge on any atom is -0.492 e. The number of hydrogen-bond donors (Lipinski definition) is 1. The van der Waals surface area contributed by atoms with Gasteiger partial charge in [-0.2, -0.15) is 0 Å². The van der Waals surface area contributed by atoms with E-state index in [2.05, 4.69) is 22.9 Å². The average Bonchev–Trinajstić information content (AvgIpc) is 2.50. The van der Waals surface area contributed by atoms with E-state index in [9.17, 15) is 5.11 Å². The van der Waals surface area contributed by atoms with E-state index >= 15 is 0 Å². The van der Waals surface area contributed by atoms with Crippen LogP contribution in [0.5, 0.6) is 5.75 Å². The Labute approximate surface area is 127 Å². The molecule has 0 radical (unpaired) electrons. The molecule has 1 fully saturated rings. The summed E-state index contributed by atoms with van der Waals surface area (Å²) in [4.78, 5) is 4.81. The van der Waals surface area contributed by atoms with Gasteiger partial charge in [-0.05, 0) is 49.6 Å². The van der Waals surface area contributed by atoms with Gasteiger partial charge in [-0.15, -0.1) is 0 Å². The zero-order valence-corrected chi connectivity index (χ0v) is 12.9. The number of rotatable bonds is 4. The van der Waals surface area contributed by atoms with Gasteiger partial charge in [0.15, 0.2) is 0 Å². The van der Waals surface area contributed by atoms with Gasteiger partial charge in [0, 0.05) is 32.7 Å². The van der Waals surface area contributed by atoms with Gasteiger partial charge in [0.05, 0.1) is 6.10 Å². The van der Waals surface area contributed by atoms with Crippen molar-refractivity contribution in [2.45, 2.75) is 25.4 Å². The fourth-order valence-corrected chi connectivity index (χ4v) is 3.21. The summed E-state index contributed by atoms with van der Waals surface area (Å²) in [6.45, 7) is 6.24. The highest BCUT2D eigenvalue weighted by Gasteiger charge is 2.18. The van der Waals surface area contributed by atoms with E-state index in [0.29, 0.717) is 0 Å². The van der Waals surface area contributed by atoms with E-state index in [0.717, 1.165) is 69.9 Å². The predicted octanol–water partition coefficient (Wildman–Crippen LogP) is 1.68. The molecule has 2 aliphatic rings. The number of likely N-dealkylation sites (N-methyl/N-ethyl adjacent to an activating group) is 1. The van der Waals surface area contributed by atoms with Crippen LogP contribution in [0.4, 0.5) is 0 Å². The minimum absolute atomic E-state index is 0.310. The van der Waals surface area contributed by atoms with Gasteiger partial charge in [-0.3, -0.25) is 4.90 Å². The number of aliphatic hydroxyl groups is 1. The van der Waals surface area contributed by atoms with Gasteiger partial charge < -0.3 is 14.7 Å². The number of hydrogen-bond acceptors (Lipinski definition) is 4. The summed E-state index contributed by atoms with van der Waals surface area (Å²) in [5, 5.41) is 10.1. The lowest BCUT2D eigenvalue weighted by Crippen LogP contribution is -2.45. The standard InChI is InChI=1S/C17H26N2O2/c1-18-7-9-19(10-8-18)11-12-21-15-6-5-14-3-2-4-17(20)16(14)13-15/h5-6,13,17,20H,2-4,7-12H2,1H3/t17-/m0/s1. The van der Waals surface area contributed by atoms with E-state index in [-0.39, 0.29) is 6.10 Å². The zero-order valence-electron chi connectivity index (χ0n) is 12.9. The lowest BCUT2D eigenvalue weighted by molar-refractivity contribution is 0.133. The Morgan fingerprint density at radius 1 is 1.24 bits per heavy atom. The molecule has 4 heteroatoms. The summed E-state index contributed by atoms with van der Waals surface area (Å²) in [5.74, 6) is 0.892. The van der Waals surface area contributed by atoms with Crippen molar-refractivity contribution >= 4 is 0 Å². The topological polar surface area (TPSA) is 35.9 Å². The minimum atomic E-state index is -0.310. The number of aryl methyl sites for hydroxylation is 1. The fraction of sp³-hybridized carbons (Fsp3) is 0.647. The van der Waals surface area contributed by atoms with Gasteiger partial charge in [0.25, 0.3) is 0 Å². The fourth-order valence-electron chi connectivity index (χ4n) is 3.21. The third-order valence-corrected chi connectivity index (χ3v) is 4.67. The third-order valence-electron chi connectivity index (χ3n) is 4.67.